The molecular weight excluding hydrogens is 442 g/mol. The third-order valence-corrected chi connectivity index (χ3v) is 6.90. The van der Waals surface area contributed by atoms with E-state index in [-0.39, 0.29) is 12.1 Å². The van der Waals surface area contributed by atoms with Gasteiger partial charge < -0.3 is 14.8 Å². The Bertz CT molecular complexity index is 1270. The molecule has 1 fully saturated rings. The van der Waals surface area contributed by atoms with Crippen molar-refractivity contribution >= 4 is 11.8 Å². The van der Waals surface area contributed by atoms with Crippen LogP contribution in [-0.2, 0) is 11.2 Å². The largest absolute Gasteiger partial charge is 0.456 e. The second kappa shape index (κ2) is 9.80. The summed E-state index contributed by atoms with van der Waals surface area (Å²) in [5.41, 5.74) is 4.13. The van der Waals surface area contributed by atoms with Crippen molar-refractivity contribution in [2.24, 2.45) is 0 Å². The van der Waals surface area contributed by atoms with Gasteiger partial charge >= 0.3 is 6.09 Å². The molecule has 0 unspecified atom stereocenters. The molecule has 0 bridgehead atoms. The predicted octanol–water partition coefficient (Wildman–Crippen LogP) is 5.05. The van der Waals surface area contributed by atoms with Gasteiger partial charge in [-0.05, 0) is 76.0 Å². The molecule has 0 aliphatic carbocycles. The van der Waals surface area contributed by atoms with E-state index in [2.05, 4.69) is 27.4 Å². The number of hydrogen-bond acceptors (Lipinski definition) is 6. The summed E-state index contributed by atoms with van der Waals surface area (Å²) < 4.78 is 13.6. The number of hydrogen-bond donors (Lipinski definition) is 1. The molecule has 8 nitrogen and oxygen atoms in total. The average molecular weight is 472 g/mol. The number of benzene rings is 2. The number of anilines is 1. The number of amides is 1. The summed E-state index contributed by atoms with van der Waals surface area (Å²) in [5, 5.41) is 17.4. The van der Waals surface area contributed by atoms with Gasteiger partial charge in [0.15, 0.2) is 0 Å². The molecule has 1 N–H and O–H groups in total. The van der Waals surface area contributed by atoms with Crippen LogP contribution >= 0.6 is 0 Å². The quantitative estimate of drug-likeness (QED) is 0.573. The van der Waals surface area contributed by atoms with E-state index in [1.165, 1.54) is 7.11 Å². The molecule has 8 heteroatoms. The summed E-state index contributed by atoms with van der Waals surface area (Å²) in [4.78, 5) is 14.3. The summed E-state index contributed by atoms with van der Waals surface area (Å²) in [6, 6.07) is 13.6. The number of carbonyl (C=O) groups excluding carboxylic acids is 1. The van der Waals surface area contributed by atoms with Gasteiger partial charge in [0.1, 0.15) is 11.5 Å². The minimum absolute atomic E-state index is 0.0122. The first-order chi connectivity index (χ1) is 17.1. The van der Waals surface area contributed by atoms with Gasteiger partial charge in [-0.25, -0.2) is 4.79 Å². The van der Waals surface area contributed by atoms with E-state index >= 15 is 0 Å². The maximum absolute atomic E-state index is 12.6. The summed E-state index contributed by atoms with van der Waals surface area (Å²) in [6.45, 7) is 4.00. The van der Waals surface area contributed by atoms with E-state index in [4.69, 9.17) is 9.47 Å². The number of nitrogens with zero attached hydrogens (tertiary/aromatic N) is 4. The number of nitrogens with one attached hydrogen (secondary N) is 1. The monoisotopic (exact) mass is 471 g/mol. The summed E-state index contributed by atoms with van der Waals surface area (Å²) in [5.74, 6) is 1.26. The highest BCUT2D eigenvalue weighted by atomic mass is 16.5. The number of aromatic nitrogens is 2. The summed E-state index contributed by atoms with van der Waals surface area (Å²) in [6.07, 6.45) is 7.21. The van der Waals surface area contributed by atoms with Crippen molar-refractivity contribution in [1.82, 2.24) is 15.1 Å². The Morgan fingerprint density at radius 1 is 1.20 bits per heavy atom. The topological polar surface area (TPSA) is 92.4 Å². The van der Waals surface area contributed by atoms with Crippen molar-refractivity contribution in [3.8, 4) is 28.7 Å². The maximum Gasteiger partial charge on any atom is 0.414 e. The molecule has 1 amide bonds. The first-order valence-corrected chi connectivity index (χ1v) is 12.1. The lowest BCUT2D eigenvalue weighted by molar-refractivity contribution is 0.175. The standard InChI is InChI=1S/C27H29N5O3/c1-18-6-7-24-25(32(18)27(33)34-2)9-8-23(26(24)35-22-5-3-4-19(14-22)15-28)20-16-30-31(17-20)21-10-12-29-13-11-21/h3-5,8-9,14,16-18,21,29H,6-7,10-13H2,1-2H3/t18-/m0/s1. The van der Waals surface area contributed by atoms with Gasteiger partial charge in [-0.2, -0.15) is 10.4 Å². The molecule has 0 radical (unpaired) electrons. The van der Waals surface area contributed by atoms with Gasteiger partial charge in [-0.1, -0.05) is 6.07 Å². The van der Waals surface area contributed by atoms with Crippen molar-refractivity contribution in [2.75, 3.05) is 25.1 Å². The third-order valence-electron chi connectivity index (χ3n) is 6.90. The van der Waals surface area contributed by atoms with Crippen LogP contribution in [0, 0.1) is 11.3 Å². The predicted molar refractivity (Wildman–Crippen MR) is 133 cm³/mol. The Hall–Kier alpha value is -3.83. The molecule has 2 aromatic carbocycles. The van der Waals surface area contributed by atoms with Gasteiger partial charge in [0.2, 0.25) is 0 Å². The third kappa shape index (κ3) is 4.47. The Labute approximate surface area is 205 Å². The van der Waals surface area contributed by atoms with Crippen LogP contribution in [0.1, 0.15) is 43.4 Å². The molecule has 3 heterocycles. The molecule has 2 aliphatic rings. The lowest BCUT2D eigenvalue weighted by atomic mass is 9.92. The van der Waals surface area contributed by atoms with Gasteiger partial charge in [0, 0.05) is 28.9 Å². The zero-order chi connectivity index (χ0) is 24.4. The number of rotatable bonds is 4. The van der Waals surface area contributed by atoms with E-state index in [1.54, 1.807) is 23.1 Å². The molecule has 1 saturated heterocycles. The minimum atomic E-state index is -0.387. The van der Waals surface area contributed by atoms with Gasteiger partial charge in [-0.15, -0.1) is 0 Å². The number of ether oxygens (including phenoxy) is 2. The summed E-state index contributed by atoms with van der Waals surface area (Å²) in [7, 11) is 1.40. The number of fused-ring (bicyclic) bond motifs is 1. The number of carbonyl (C=O) groups is 1. The summed E-state index contributed by atoms with van der Waals surface area (Å²) >= 11 is 0. The minimum Gasteiger partial charge on any atom is -0.456 e. The number of nitriles is 1. The molecular formula is C27H29N5O3. The Morgan fingerprint density at radius 3 is 2.80 bits per heavy atom. The molecule has 5 rings (SSSR count). The normalized spacial score (nSPS) is 18.0. The van der Waals surface area contributed by atoms with Crippen molar-refractivity contribution in [3.05, 3.63) is 59.9 Å². The van der Waals surface area contributed by atoms with Crippen LogP contribution in [-0.4, -0.2) is 42.1 Å². The Balaban J connectivity index is 1.61. The van der Waals surface area contributed by atoms with Crippen LogP contribution in [0.25, 0.3) is 11.1 Å². The van der Waals surface area contributed by atoms with E-state index < -0.39 is 0 Å². The van der Waals surface area contributed by atoms with Gasteiger partial charge in [0.25, 0.3) is 0 Å². The molecule has 180 valence electrons. The van der Waals surface area contributed by atoms with E-state index in [1.807, 2.05) is 31.3 Å². The molecule has 0 spiro atoms. The zero-order valence-corrected chi connectivity index (χ0v) is 20.0. The second-order valence-corrected chi connectivity index (χ2v) is 9.10. The lowest BCUT2D eigenvalue weighted by Gasteiger charge is -2.35. The highest BCUT2D eigenvalue weighted by Gasteiger charge is 2.32. The molecule has 3 aromatic rings. The Morgan fingerprint density at radius 2 is 2.03 bits per heavy atom. The first-order valence-electron chi connectivity index (χ1n) is 12.1. The fourth-order valence-electron chi connectivity index (χ4n) is 5.02. The lowest BCUT2D eigenvalue weighted by Crippen LogP contribution is -2.42. The van der Waals surface area contributed by atoms with Crippen LogP contribution in [0.3, 0.4) is 0 Å². The van der Waals surface area contributed by atoms with Crippen molar-refractivity contribution in [1.29, 1.82) is 5.26 Å². The van der Waals surface area contributed by atoms with Crippen LogP contribution in [0.15, 0.2) is 48.8 Å². The fourth-order valence-corrected chi connectivity index (χ4v) is 5.02. The van der Waals surface area contributed by atoms with Crippen LogP contribution in [0.2, 0.25) is 0 Å². The average Bonchev–Trinajstić information content (AvgIpc) is 3.39. The molecule has 1 atom stereocenters. The number of piperidine rings is 1. The zero-order valence-electron chi connectivity index (χ0n) is 20.0. The number of methoxy groups -OCH3 is 1. The maximum atomic E-state index is 12.6. The molecule has 2 aliphatic heterocycles. The van der Waals surface area contributed by atoms with Crippen molar-refractivity contribution < 1.29 is 14.3 Å². The Kier molecular flexibility index (Phi) is 6.43. The van der Waals surface area contributed by atoms with E-state index in [9.17, 15) is 10.1 Å². The van der Waals surface area contributed by atoms with E-state index in [0.29, 0.717) is 23.1 Å². The molecule has 35 heavy (non-hydrogen) atoms. The van der Waals surface area contributed by atoms with Crippen LogP contribution in [0.5, 0.6) is 11.5 Å². The second-order valence-electron chi connectivity index (χ2n) is 9.10. The molecule has 1 aromatic heterocycles. The first kappa shape index (κ1) is 22.9. The smallest absolute Gasteiger partial charge is 0.414 e. The van der Waals surface area contributed by atoms with Gasteiger partial charge in [-0.3, -0.25) is 9.58 Å². The van der Waals surface area contributed by atoms with E-state index in [0.717, 1.165) is 61.2 Å². The fraction of sp³-hybridized carbons (Fsp3) is 0.370. The van der Waals surface area contributed by atoms with Gasteiger partial charge in [0.05, 0.1) is 36.7 Å². The van der Waals surface area contributed by atoms with Crippen LogP contribution < -0.4 is 15.0 Å². The highest BCUT2D eigenvalue weighted by molar-refractivity contribution is 5.92. The van der Waals surface area contributed by atoms with Crippen molar-refractivity contribution in [2.45, 2.75) is 44.7 Å². The SMILES string of the molecule is COC(=O)N1c2ccc(-c3cnn(C4CCNCC4)c3)c(Oc3cccc(C#N)c3)c2CC[C@@H]1C. The van der Waals surface area contributed by atoms with Crippen molar-refractivity contribution in [3.63, 3.8) is 0 Å². The highest BCUT2D eigenvalue weighted by Crippen LogP contribution is 2.45. The molecule has 0 saturated carbocycles. The van der Waals surface area contributed by atoms with Crippen LogP contribution in [0.4, 0.5) is 10.5 Å².